The number of carbonyl (C=O) groups excluding carboxylic acids is 1. The second kappa shape index (κ2) is 5.25. The van der Waals surface area contributed by atoms with Gasteiger partial charge in [-0.1, -0.05) is 18.8 Å². The molecule has 0 atom stereocenters. The first kappa shape index (κ1) is 11.3. The molecule has 0 radical (unpaired) electrons. The highest BCUT2D eigenvalue weighted by atomic mass is 16.2. The molecular weight excluding hydrogens is 200 g/mol. The van der Waals surface area contributed by atoms with Crippen LogP contribution in [-0.2, 0) is 0 Å². The molecule has 2 rings (SSSR count). The summed E-state index contributed by atoms with van der Waals surface area (Å²) in [5.41, 5.74) is 0. The second-order valence-corrected chi connectivity index (χ2v) is 4.96. The normalized spacial score (nSPS) is 20.4. The number of hydrogen-bond donors (Lipinski definition) is 1. The fourth-order valence-corrected chi connectivity index (χ4v) is 2.28. The second-order valence-electron chi connectivity index (χ2n) is 4.96. The van der Waals surface area contributed by atoms with Gasteiger partial charge in [-0.15, -0.1) is 6.42 Å². The Balaban J connectivity index is 1.80. The Morgan fingerprint density at radius 2 is 2.00 bits per heavy atom. The van der Waals surface area contributed by atoms with Crippen molar-refractivity contribution >= 4 is 6.03 Å². The molecule has 0 aromatic heterocycles. The molecule has 0 spiro atoms. The topological polar surface area (TPSA) is 32.3 Å². The Morgan fingerprint density at radius 1 is 1.31 bits per heavy atom. The maximum atomic E-state index is 12.0. The molecule has 1 N–H and O–H groups in total. The van der Waals surface area contributed by atoms with Gasteiger partial charge >= 0.3 is 6.03 Å². The molecular formula is C13H20N2O. The van der Waals surface area contributed by atoms with Crippen molar-refractivity contribution in [2.24, 2.45) is 5.92 Å². The Labute approximate surface area is 97.6 Å². The number of nitrogens with one attached hydrogen (secondary N) is 1. The molecule has 16 heavy (non-hydrogen) atoms. The van der Waals surface area contributed by atoms with E-state index < -0.39 is 0 Å². The van der Waals surface area contributed by atoms with Crippen LogP contribution in [0.3, 0.4) is 0 Å². The van der Waals surface area contributed by atoms with Crippen LogP contribution in [0.15, 0.2) is 0 Å². The van der Waals surface area contributed by atoms with Crippen LogP contribution >= 0.6 is 0 Å². The van der Waals surface area contributed by atoms with Crippen LogP contribution in [0.5, 0.6) is 0 Å². The van der Waals surface area contributed by atoms with Gasteiger partial charge in [0.25, 0.3) is 0 Å². The fourth-order valence-electron chi connectivity index (χ4n) is 2.28. The van der Waals surface area contributed by atoms with E-state index in [2.05, 4.69) is 11.2 Å². The molecule has 3 nitrogen and oxygen atoms in total. The minimum Gasteiger partial charge on any atom is -0.335 e. The lowest BCUT2D eigenvalue weighted by Crippen LogP contribution is -2.45. The SMILES string of the molecule is C#CCN(CC1CC1)C(=O)NC1CCCC1. The molecule has 3 heteroatoms. The van der Waals surface area contributed by atoms with Gasteiger partial charge in [0.2, 0.25) is 0 Å². The fraction of sp³-hybridized carbons (Fsp3) is 0.769. The average Bonchev–Trinajstić information content (AvgIpc) is 2.94. The summed E-state index contributed by atoms with van der Waals surface area (Å²) in [6, 6.07) is 0.420. The summed E-state index contributed by atoms with van der Waals surface area (Å²) in [7, 11) is 0. The Hall–Kier alpha value is -1.17. The summed E-state index contributed by atoms with van der Waals surface area (Å²) in [6.07, 6.45) is 12.5. The van der Waals surface area contributed by atoms with Crippen LogP contribution in [0.4, 0.5) is 4.79 Å². The summed E-state index contributed by atoms with van der Waals surface area (Å²) in [6.45, 7) is 1.28. The zero-order chi connectivity index (χ0) is 11.4. The first-order valence-electron chi connectivity index (χ1n) is 6.28. The minimum absolute atomic E-state index is 0.0387. The van der Waals surface area contributed by atoms with Gasteiger partial charge in [-0.2, -0.15) is 0 Å². The first-order valence-corrected chi connectivity index (χ1v) is 6.28. The van der Waals surface area contributed by atoms with Crippen LogP contribution in [0.25, 0.3) is 0 Å². The van der Waals surface area contributed by atoms with Crippen molar-refractivity contribution in [1.82, 2.24) is 10.2 Å². The number of urea groups is 1. The maximum Gasteiger partial charge on any atom is 0.318 e. The smallest absolute Gasteiger partial charge is 0.318 e. The average molecular weight is 220 g/mol. The van der Waals surface area contributed by atoms with Gasteiger partial charge in [0.1, 0.15) is 0 Å². The van der Waals surface area contributed by atoms with E-state index in [4.69, 9.17) is 6.42 Å². The van der Waals surface area contributed by atoms with E-state index in [0.717, 1.165) is 19.4 Å². The minimum atomic E-state index is 0.0387. The number of rotatable bonds is 4. The van der Waals surface area contributed by atoms with Gasteiger partial charge in [-0.3, -0.25) is 0 Å². The molecule has 2 aliphatic carbocycles. The van der Waals surface area contributed by atoms with Gasteiger partial charge in [0.05, 0.1) is 6.54 Å². The molecule has 0 unspecified atom stereocenters. The lowest BCUT2D eigenvalue weighted by molar-refractivity contribution is 0.198. The van der Waals surface area contributed by atoms with E-state index in [1.165, 1.54) is 25.7 Å². The van der Waals surface area contributed by atoms with Crippen molar-refractivity contribution in [2.45, 2.75) is 44.6 Å². The van der Waals surface area contributed by atoms with E-state index >= 15 is 0 Å². The molecule has 88 valence electrons. The van der Waals surface area contributed by atoms with E-state index in [0.29, 0.717) is 18.5 Å². The Kier molecular flexibility index (Phi) is 3.71. The molecule has 2 saturated carbocycles. The van der Waals surface area contributed by atoms with Gasteiger partial charge in [0.15, 0.2) is 0 Å². The van der Waals surface area contributed by atoms with Crippen molar-refractivity contribution in [1.29, 1.82) is 0 Å². The van der Waals surface area contributed by atoms with Crippen molar-refractivity contribution < 1.29 is 4.79 Å². The highest BCUT2D eigenvalue weighted by molar-refractivity contribution is 5.74. The van der Waals surface area contributed by atoms with Gasteiger partial charge in [-0.25, -0.2) is 4.79 Å². The summed E-state index contributed by atoms with van der Waals surface area (Å²) in [4.78, 5) is 13.8. The summed E-state index contributed by atoms with van der Waals surface area (Å²) >= 11 is 0. The summed E-state index contributed by atoms with van der Waals surface area (Å²) in [5, 5.41) is 3.09. The number of terminal acetylenes is 1. The predicted molar refractivity (Wildman–Crippen MR) is 63.9 cm³/mol. The quantitative estimate of drug-likeness (QED) is 0.722. The predicted octanol–water partition coefficient (Wildman–Crippen LogP) is 1.98. The maximum absolute atomic E-state index is 12.0. The summed E-state index contributed by atoms with van der Waals surface area (Å²) < 4.78 is 0. The van der Waals surface area contributed by atoms with Crippen LogP contribution in [0, 0.1) is 18.3 Å². The molecule has 2 fully saturated rings. The van der Waals surface area contributed by atoms with Crippen molar-refractivity contribution in [2.75, 3.05) is 13.1 Å². The monoisotopic (exact) mass is 220 g/mol. The third-order valence-corrected chi connectivity index (χ3v) is 3.43. The van der Waals surface area contributed by atoms with E-state index in [9.17, 15) is 4.79 Å². The molecule has 2 amide bonds. The Bertz CT molecular complexity index is 285. The summed E-state index contributed by atoms with van der Waals surface area (Å²) in [5.74, 6) is 3.27. The highest BCUT2D eigenvalue weighted by Gasteiger charge is 2.27. The van der Waals surface area contributed by atoms with Crippen molar-refractivity contribution in [3.05, 3.63) is 0 Å². The lowest BCUT2D eigenvalue weighted by Gasteiger charge is -2.23. The third-order valence-electron chi connectivity index (χ3n) is 3.43. The van der Waals surface area contributed by atoms with Gasteiger partial charge in [0, 0.05) is 12.6 Å². The standard InChI is InChI=1S/C13H20N2O/c1-2-9-15(10-11-7-8-11)13(16)14-12-5-3-4-6-12/h1,11-12H,3-10H2,(H,14,16). The van der Waals surface area contributed by atoms with Crippen LogP contribution in [-0.4, -0.2) is 30.1 Å². The van der Waals surface area contributed by atoms with Gasteiger partial charge < -0.3 is 10.2 Å². The molecule has 0 aliphatic heterocycles. The first-order chi connectivity index (χ1) is 7.79. The number of nitrogens with zero attached hydrogens (tertiary/aromatic N) is 1. The largest absolute Gasteiger partial charge is 0.335 e. The third kappa shape index (κ3) is 3.16. The molecule has 0 bridgehead atoms. The number of hydrogen-bond acceptors (Lipinski definition) is 1. The zero-order valence-corrected chi connectivity index (χ0v) is 9.74. The van der Waals surface area contributed by atoms with Crippen LogP contribution < -0.4 is 5.32 Å². The highest BCUT2D eigenvalue weighted by Crippen LogP contribution is 2.29. The van der Waals surface area contributed by atoms with Crippen LogP contribution in [0.1, 0.15) is 38.5 Å². The van der Waals surface area contributed by atoms with E-state index in [-0.39, 0.29) is 6.03 Å². The Morgan fingerprint density at radius 3 is 2.56 bits per heavy atom. The van der Waals surface area contributed by atoms with Crippen LogP contribution in [0.2, 0.25) is 0 Å². The number of carbonyl (C=O) groups is 1. The zero-order valence-electron chi connectivity index (χ0n) is 9.74. The molecule has 0 saturated heterocycles. The molecule has 0 aromatic rings. The van der Waals surface area contributed by atoms with E-state index in [1.807, 2.05) is 0 Å². The molecule has 2 aliphatic rings. The molecule has 0 aromatic carbocycles. The van der Waals surface area contributed by atoms with Gasteiger partial charge in [-0.05, 0) is 31.6 Å². The number of amides is 2. The van der Waals surface area contributed by atoms with Crippen molar-refractivity contribution in [3.63, 3.8) is 0 Å². The van der Waals surface area contributed by atoms with Crippen molar-refractivity contribution in [3.8, 4) is 12.3 Å². The lowest BCUT2D eigenvalue weighted by atomic mass is 10.2. The van der Waals surface area contributed by atoms with E-state index in [1.54, 1.807) is 4.90 Å². The molecule has 0 heterocycles.